The Morgan fingerprint density at radius 3 is 2.77 bits per heavy atom. The lowest BCUT2D eigenvalue weighted by atomic mass is 10.2. The van der Waals surface area contributed by atoms with Crippen molar-refractivity contribution in [1.29, 1.82) is 0 Å². The van der Waals surface area contributed by atoms with Gasteiger partial charge in [-0.25, -0.2) is 9.97 Å². The van der Waals surface area contributed by atoms with Crippen LogP contribution in [0, 0.1) is 0 Å². The van der Waals surface area contributed by atoms with Crippen LogP contribution in [0.1, 0.15) is 19.3 Å². The number of nitrogens with zero attached hydrogens (tertiary/aromatic N) is 4. The molecule has 0 aliphatic heterocycles. The molecule has 0 unspecified atom stereocenters. The molecule has 26 heavy (non-hydrogen) atoms. The van der Waals surface area contributed by atoms with E-state index in [0.717, 1.165) is 41.1 Å². The van der Waals surface area contributed by atoms with Gasteiger partial charge in [0.2, 0.25) is 0 Å². The number of aryl methyl sites for hydroxylation is 1. The number of hydrogen-bond donors (Lipinski definition) is 0. The number of furan rings is 1. The molecule has 0 bridgehead atoms. The second-order valence-electron chi connectivity index (χ2n) is 6.03. The van der Waals surface area contributed by atoms with Crippen molar-refractivity contribution in [3.8, 4) is 11.6 Å². The Balaban J connectivity index is 1.40. The molecule has 6 heteroatoms. The summed E-state index contributed by atoms with van der Waals surface area (Å²) in [7, 11) is 0. The smallest absolute Gasteiger partial charge is 0.197 e. The minimum atomic E-state index is 0.648. The van der Waals surface area contributed by atoms with E-state index in [4.69, 9.17) is 9.40 Å². The Labute approximate surface area is 156 Å². The highest BCUT2D eigenvalue weighted by atomic mass is 32.2. The molecule has 3 aromatic heterocycles. The third kappa shape index (κ3) is 3.96. The fourth-order valence-corrected chi connectivity index (χ4v) is 3.85. The Morgan fingerprint density at radius 2 is 1.92 bits per heavy atom. The SMILES string of the molecule is c1coc(-c2nc(SCCCCCn3cccn3)c3ccccc3n2)c1. The lowest BCUT2D eigenvalue weighted by Gasteiger charge is -2.07. The summed E-state index contributed by atoms with van der Waals surface area (Å²) in [5, 5.41) is 6.36. The van der Waals surface area contributed by atoms with E-state index in [9.17, 15) is 0 Å². The van der Waals surface area contributed by atoms with Gasteiger partial charge < -0.3 is 4.42 Å². The Bertz CT molecular complexity index is 951. The maximum Gasteiger partial charge on any atom is 0.197 e. The normalized spacial score (nSPS) is 11.2. The topological polar surface area (TPSA) is 56.7 Å². The molecule has 0 spiro atoms. The number of benzene rings is 1. The average Bonchev–Trinajstić information content (AvgIpc) is 3.38. The zero-order valence-corrected chi connectivity index (χ0v) is 15.2. The number of unbranched alkanes of at least 4 members (excludes halogenated alkanes) is 2. The highest BCUT2D eigenvalue weighted by molar-refractivity contribution is 7.99. The van der Waals surface area contributed by atoms with Gasteiger partial charge in [0.15, 0.2) is 11.6 Å². The maximum atomic E-state index is 5.47. The van der Waals surface area contributed by atoms with Crippen LogP contribution in [0.25, 0.3) is 22.5 Å². The predicted octanol–water partition coefficient (Wildman–Crippen LogP) is 5.05. The van der Waals surface area contributed by atoms with Gasteiger partial charge in [0.1, 0.15) is 5.03 Å². The second-order valence-corrected chi connectivity index (χ2v) is 7.11. The van der Waals surface area contributed by atoms with Gasteiger partial charge in [-0.15, -0.1) is 11.8 Å². The van der Waals surface area contributed by atoms with E-state index in [1.165, 1.54) is 6.42 Å². The van der Waals surface area contributed by atoms with Crippen molar-refractivity contribution in [3.05, 3.63) is 61.1 Å². The molecule has 0 fully saturated rings. The van der Waals surface area contributed by atoms with E-state index < -0.39 is 0 Å². The van der Waals surface area contributed by atoms with Crippen LogP contribution in [0.2, 0.25) is 0 Å². The van der Waals surface area contributed by atoms with E-state index in [1.807, 2.05) is 53.5 Å². The minimum absolute atomic E-state index is 0.648. The van der Waals surface area contributed by atoms with Gasteiger partial charge >= 0.3 is 0 Å². The molecule has 5 nitrogen and oxygen atoms in total. The summed E-state index contributed by atoms with van der Waals surface area (Å²) in [6.07, 6.45) is 8.97. The Kier molecular flexibility index (Phi) is 5.30. The van der Waals surface area contributed by atoms with Crippen molar-refractivity contribution in [2.75, 3.05) is 5.75 Å². The zero-order valence-electron chi connectivity index (χ0n) is 14.4. The van der Waals surface area contributed by atoms with Crippen LogP contribution in [-0.2, 0) is 6.54 Å². The number of thioether (sulfide) groups is 1. The largest absolute Gasteiger partial charge is 0.461 e. The number of para-hydroxylation sites is 1. The first-order valence-electron chi connectivity index (χ1n) is 8.81. The third-order valence-corrected chi connectivity index (χ3v) is 5.22. The van der Waals surface area contributed by atoms with Crippen LogP contribution in [0.15, 0.2) is 70.6 Å². The van der Waals surface area contributed by atoms with Gasteiger partial charge in [-0.1, -0.05) is 24.6 Å². The molecule has 4 aromatic rings. The number of rotatable bonds is 8. The lowest BCUT2D eigenvalue weighted by molar-refractivity contribution is 0.554. The quantitative estimate of drug-likeness (QED) is 0.249. The van der Waals surface area contributed by atoms with Crippen LogP contribution < -0.4 is 0 Å². The first-order chi connectivity index (χ1) is 12.9. The summed E-state index contributed by atoms with van der Waals surface area (Å²) in [4.78, 5) is 9.38. The molecule has 3 heterocycles. The van der Waals surface area contributed by atoms with Crippen molar-refractivity contribution in [2.24, 2.45) is 0 Å². The highest BCUT2D eigenvalue weighted by Gasteiger charge is 2.11. The van der Waals surface area contributed by atoms with Gasteiger partial charge in [0.05, 0.1) is 11.8 Å². The van der Waals surface area contributed by atoms with Crippen molar-refractivity contribution in [3.63, 3.8) is 0 Å². The summed E-state index contributed by atoms with van der Waals surface area (Å²) in [6.45, 7) is 0.983. The first-order valence-corrected chi connectivity index (χ1v) is 9.79. The Morgan fingerprint density at radius 1 is 0.962 bits per heavy atom. The fraction of sp³-hybridized carbons (Fsp3) is 0.250. The van der Waals surface area contributed by atoms with Crippen molar-refractivity contribution in [2.45, 2.75) is 30.8 Å². The second kappa shape index (κ2) is 8.19. The van der Waals surface area contributed by atoms with Crippen LogP contribution in [0.4, 0.5) is 0 Å². The standard InChI is InChI=1S/C20H20N4OS/c1(4-12-24-13-7-11-21-24)5-15-26-20-16-8-2-3-9-17(16)22-19(23-20)18-10-6-14-25-18/h2-3,6-11,13-14H,1,4-5,12,15H2. The molecule has 0 aliphatic carbocycles. The van der Waals surface area contributed by atoms with Crippen molar-refractivity contribution < 1.29 is 4.42 Å². The number of aromatic nitrogens is 4. The minimum Gasteiger partial charge on any atom is -0.461 e. The van der Waals surface area contributed by atoms with Crippen LogP contribution in [0.5, 0.6) is 0 Å². The van der Waals surface area contributed by atoms with Crippen LogP contribution in [-0.4, -0.2) is 25.5 Å². The third-order valence-electron chi connectivity index (χ3n) is 4.14. The van der Waals surface area contributed by atoms with Gasteiger partial charge in [0.25, 0.3) is 0 Å². The van der Waals surface area contributed by atoms with E-state index in [2.05, 4.69) is 16.1 Å². The van der Waals surface area contributed by atoms with Gasteiger partial charge in [-0.05, 0) is 42.9 Å². The molecule has 4 rings (SSSR count). The van der Waals surface area contributed by atoms with E-state index in [-0.39, 0.29) is 0 Å². The zero-order chi connectivity index (χ0) is 17.6. The monoisotopic (exact) mass is 364 g/mol. The van der Waals surface area contributed by atoms with E-state index in [1.54, 1.807) is 18.0 Å². The summed E-state index contributed by atoms with van der Waals surface area (Å²) >= 11 is 1.79. The molecule has 0 saturated heterocycles. The summed E-state index contributed by atoms with van der Waals surface area (Å²) in [6, 6.07) is 13.9. The lowest BCUT2D eigenvalue weighted by Crippen LogP contribution is -1.98. The summed E-state index contributed by atoms with van der Waals surface area (Å²) in [5.74, 6) is 2.39. The van der Waals surface area contributed by atoms with Crippen LogP contribution >= 0.6 is 11.8 Å². The van der Waals surface area contributed by atoms with Crippen molar-refractivity contribution >= 4 is 22.7 Å². The number of fused-ring (bicyclic) bond motifs is 1. The van der Waals surface area contributed by atoms with Crippen LogP contribution in [0.3, 0.4) is 0 Å². The van der Waals surface area contributed by atoms with Gasteiger partial charge in [-0.2, -0.15) is 5.10 Å². The van der Waals surface area contributed by atoms with E-state index in [0.29, 0.717) is 11.6 Å². The van der Waals surface area contributed by atoms with E-state index >= 15 is 0 Å². The van der Waals surface area contributed by atoms with Gasteiger partial charge in [0, 0.05) is 24.3 Å². The Hall–Kier alpha value is -2.60. The molecule has 0 amide bonds. The molecular formula is C20H20N4OS. The molecule has 132 valence electrons. The molecule has 0 N–H and O–H groups in total. The molecule has 1 aromatic carbocycles. The first kappa shape index (κ1) is 16.8. The molecular weight excluding hydrogens is 344 g/mol. The molecule has 0 aliphatic rings. The number of hydrogen-bond acceptors (Lipinski definition) is 5. The molecule has 0 saturated carbocycles. The average molecular weight is 364 g/mol. The fourth-order valence-electron chi connectivity index (χ4n) is 2.83. The van der Waals surface area contributed by atoms with Crippen molar-refractivity contribution in [1.82, 2.24) is 19.7 Å². The summed E-state index contributed by atoms with van der Waals surface area (Å²) in [5.41, 5.74) is 0.954. The maximum absolute atomic E-state index is 5.47. The van der Waals surface area contributed by atoms with Gasteiger partial charge in [-0.3, -0.25) is 4.68 Å². The molecule has 0 atom stereocenters. The predicted molar refractivity (Wildman–Crippen MR) is 104 cm³/mol. The highest BCUT2D eigenvalue weighted by Crippen LogP contribution is 2.29. The summed E-state index contributed by atoms with van der Waals surface area (Å²) < 4.78 is 7.46. The molecule has 0 radical (unpaired) electrons.